The van der Waals surface area contributed by atoms with Gasteiger partial charge in [-0.15, -0.1) is 0 Å². The summed E-state index contributed by atoms with van der Waals surface area (Å²) in [6.45, 7) is 0. The molecule has 3 aromatic rings. The van der Waals surface area contributed by atoms with Crippen molar-refractivity contribution in [3.63, 3.8) is 0 Å². The van der Waals surface area contributed by atoms with Gasteiger partial charge in [-0.25, -0.2) is 14.2 Å². The number of carbonyl (C=O) groups is 1. The Balaban J connectivity index is 2.38. The Hall–Kier alpha value is -2.37. The van der Waals surface area contributed by atoms with Crippen molar-refractivity contribution in [2.24, 2.45) is 0 Å². The van der Waals surface area contributed by atoms with Crippen LogP contribution in [0.25, 0.3) is 16.8 Å². The van der Waals surface area contributed by atoms with Gasteiger partial charge < -0.3 is 10.1 Å². The summed E-state index contributed by atoms with van der Waals surface area (Å²) in [7, 11) is 0. The zero-order valence-electron chi connectivity index (χ0n) is 7.94. The maximum absolute atomic E-state index is 12.9. The van der Waals surface area contributed by atoms with Crippen LogP contribution in [-0.4, -0.2) is 25.4 Å². The number of benzene rings is 1. The van der Waals surface area contributed by atoms with E-state index >= 15 is 0 Å². The van der Waals surface area contributed by atoms with Crippen molar-refractivity contribution in [3.05, 3.63) is 35.9 Å². The minimum atomic E-state index is -1.05. The third kappa shape index (κ3) is 1.10. The van der Waals surface area contributed by atoms with Crippen molar-refractivity contribution in [1.82, 2.24) is 14.4 Å². The molecule has 0 saturated carbocycles. The maximum atomic E-state index is 12.9. The van der Waals surface area contributed by atoms with Crippen LogP contribution in [0.1, 0.15) is 10.5 Å². The number of aromatic amines is 1. The van der Waals surface area contributed by atoms with Gasteiger partial charge in [0.2, 0.25) is 5.78 Å². The number of halogens is 1. The molecule has 80 valence electrons. The molecular weight excluding hydrogens is 213 g/mol. The van der Waals surface area contributed by atoms with Gasteiger partial charge in [0.25, 0.3) is 0 Å². The predicted octanol–water partition coefficient (Wildman–Crippen LogP) is 1.65. The van der Waals surface area contributed by atoms with E-state index in [1.165, 1.54) is 18.3 Å². The van der Waals surface area contributed by atoms with Crippen molar-refractivity contribution >= 4 is 22.8 Å². The minimum absolute atomic E-state index is 0.0497. The molecule has 0 unspecified atom stereocenters. The second-order valence-corrected chi connectivity index (χ2v) is 3.41. The Morgan fingerprint density at radius 3 is 3.06 bits per heavy atom. The molecule has 2 aromatic heterocycles. The number of imidazole rings is 2. The Kier molecular flexibility index (Phi) is 1.57. The molecule has 0 amide bonds. The number of hydrogen-bond acceptors (Lipinski definition) is 2. The maximum Gasteiger partial charge on any atom is 0.353 e. The molecule has 2 heterocycles. The van der Waals surface area contributed by atoms with Crippen LogP contribution in [0, 0.1) is 5.82 Å². The lowest BCUT2D eigenvalue weighted by Crippen LogP contribution is -1.95. The van der Waals surface area contributed by atoms with Crippen molar-refractivity contribution in [2.45, 2.75) is 0 Å². The molecule has 0 bridgehead atoms. The molecule has 6 heteroatoms. The molecule has 0 aliphatic carbocycles. The van der Waals surface area contributed by atoms with Crippen LogP contribution < -0.4 is 0 Å². The van der Waals surface area contributed by atoms with E-state index in [-0.39, 0.29) is 11.5 Å². The van der Waals surface area contributed by atoms with Crippen molar-refractivity contribution in [1.29, 1.82) is 0 Å². The van der Waals surface area contributed by atoms with Crippen LogP contribution in [0.5, 0.6) is 0 Å². The van der Waals surface area contributed by atoms with Crippen LogP contribution in [0.4, 0.5) is 4.39 Å². The second kappa shape index (κ2) is 2.82. The molecule has 0 spiro atoms. The summed E-state index contributed by atoms with van der Waals surface area (Å²) in [5.41, 5.74) is 1.21. The van der Waals surface area contributed by atoms with E-state index in [2.05, 4.69) is 9.97 Å². The number of carboxylic acid groups (broad SMARTS) is 1. The van der Waals surface area contributed by atoms with Gasteiger partial charge in [-0.2, -0.15) is 0 Å². The highest BCUT2D eigenvalue weighted by atomic mass is 19.1. The summed E-state index contributed by atoms with van der Waals surface area (Å²) in [6.07, 6.45) is 1.42. The topological polar surface area (TPSA) is 70.4 Å². The predicted molar refractivity (Wildman–Crippen MR) is 54.0 cm³/mol. The monoisotopic (exact) mass is 219 g/mol. The number of carboxylic acids is 1. The minimum Gasteiger partial charge on any atom is -0.477 e. The molecule has 0 fully saturated rings. The Bertz CT molecular complexity index is 713. The quantitative estimate of drug-likeness (QED) is 0.653. The van der Waals surface area contributed by atoms with E-state index in [0.29, 0.717) is 16.8 Å². The largest absolute Gasteiger partial charge is 0.477 e. The zero-order valence-corrected chi connectivity index (χ0v) is 7.94. The lowest BCUT2D eigenvalue weighted by atomic mass is 10.3. The first-order valence-corrected chi connectivity index (χ1v) is 4.55. The molecule has 3 rings (SSSR count). The van der Waals surface area contributed by atoms with Crippen LogP contribution in [0.3, 0.4) is 0 Å². The van der Waals surface area contributed by atoms with Gasteiger partial charge >= 0.3 is 5.97 Å². The summed E-state index contributed by atoms with van der Waals surface area (Å²) in [5, 5.41) is 8.79. The highest BCUT2D eigenvalue weighted by Gasteiger charge is 2.11. The van der Waals surface area contributed by atoms with Crippen LogP contribution in [-0.2, 0) is 0 Å². The average Bonchev–Trinajstić information content (AvgIpc) is 2.73. The van der Waals surface area contributed by atoms with E-state index in [0.717, 1.165) is 0 Å². The van der Waals surface area contributed by atoms with Gasteiger partial charge in [-0.1, -0.05) is 0 Å². The van der Waals surface area contributed by atoms with E-state index in [1.807, 2.05) is 0 Å². The second-order valence-electron chi connectivity index (χ2n) is 3.41. The normalized spacial score (nSPS) is 11.3. The number of hydrogen-bond donors (Lipinski definition) is 2. The number of rotatable bonds is 1. The number of fused-ring (bicyclic) bond motifs is 3. The highest BCUT2D eigenvalue weighted by molar-refractivity contribution is 5.88. The SMILES string of the molecule is O=C(O)c1cn2c(nc3cc(F)ccc32)[nH]1. The van der Waals surface area contributed by atoms with Crippen molar-refractivity contribution in [3.8, 4) is 0 Å². The fourth-order valence-electron chi connectivity index (χ4n) is 1.68. The molecule has 16 heavy (non-hydrogen) atoms. The van der Waals surface area contributed by atoms with Gasteiger partial charge in [0.1, 0.15) is 11.5 Å². The number of H-pyrrole nitrogens is 1. The summed E-state index contributed by atoms with van der Waals surface area (Å²) in [6, 6.07) is 4.17. The third-order valence-corrected chi connectivity index (χ3v) is 2.39. The smallest absolute Gasteiger partial charge is 0.353 e. The number of nitrogens with zero attached hydrogens (tertiary/aromatic N) is 2. The zero-order chi connectivity index (χ0) is 11.3. The van der Waals surface area contributed by atoms with E-state index < -0.39 is 5.97 Å². The Morgan fingerprint density at radius 1 is 1.50 bits per heavy atom. The average molecular weight is 219 g/mol. The van der Waals surface area contributed by atoms with Crippen LogP contribution in [0.2, 0.25) is 0 Å². The molecule has 5 nitrogen and oxygen atoms in total. The number of aromatic nitrogens is 3. The molecule has 0 saturated heterocycles. The number of nitrogens with one attached hydrogen (secondary N) is 1. The lowest BCUT2D eigenvalue weighted by molar-refractivity contribution is 0.0691. The van der Waals surface area contributed by atoms with Gasteiger partial charge in [0.15, 0.2) is 0 Å². The number of aromatic carboxylic acids is 1. The third-order valence-electron chi connectivity index (χ3n) is 2.39. The molecule has 0 aliphatic rings. The first kappa shape index (κ1) is 8.90. The first-order valence-electron chi connectivity index (χ1n) is 4.55. The molecule has 1 aromatic carbocycles. The summed E-state index contributed by atoms with van der Waals surface area (Å²) < 4.78 is 14.5. The lowest BCUT2D eigenvalue weighted by Gasteiger charge is -1.90. The summed E-state index contributed by atoms with van der Waals surface area (Å²) >= 11 is 0. The highest BCUT2D eigenvalue weighted by Crippen LogP contribution is 2.17. The van der Waals surface area contributed by atoms with E-state index in [1.54, 1.807) is 10.5 Å². The van der Waals surface area contributed by atoms with Gasteiger partial charge in [0.05, 0.1) is 11.0 Å². The van der Waals surface area contributed by atoms with Crippen LogP contribution >= 0.6 is 0 Å². The van der Waals surface area contributed by atoms with Crippen LogP contribution in [0.15, 0.2) is 24.4 Å². The fraction of sp³-hybridized carbons (Fsp3) is 0. The van der Waals surface area contributed by atoms with Gasteiger partial charge in [0, 0.05) is 12.3 Å². The molecule has 0 radical (unpaired) electrons. The fourth-order valence-corrected chi connectivity index (χ4v) is 1.68. The standard InChI is InChI=1S/C10H6FN3O2/c11-5-1-2-8-6(3-5)12-10-13-7(9(15)16)4-14(8)10/h1-4H,(H,12,13)(H,15,16). The molecule has 0 atom stereocenters. The molecule has 0 aliphatic heterocycles. The van der Waals surface area contributed by atoms with E-state index in [4.69, 9.17) is 5.11 Å². The van der Waals surface area contributed by atoms with Gasteiger partial charge in [-0.05, 0) is 12.1 Å². The van der Waals surface area contributed by atoms with E-state index in [9.17, 15) is 9.18 Å². The Morgan fingerprint density at radius 2 is 2.31 bits per heavy atom. The Labute approximate surface area is 88.1 Å². The molecular formula is C10H6FN3O2. The summed E-state index contributed by atoms with van der Waals surface area (Å²) in [5.74, 6) is -1.04. The molecule has 2 N–H and O–H groups in total. The van der Waals surface area contributed by atoms with Crippen molar-refractivity contribution < 1.29 is 14.3 Å². The first-order chi connectivity index (χ1) is 7.65. The summed E-state index contributed by atoms with van der Waals surface area (Å²) in [4.78, 5) is 17.4. The van der Waals surface area contributed by atoms with Crippen molar-refractivity contribution in [2.75, 3.05) is 0 Å². The van der Waals surface area contributed by atoms with Gasteiger partial charge in [-0.3, -0.25) is 4.40 Å².